The molecule has 0 radical (unpaired) electrons. The highest BCUT2D eigenvalue weighted by Crippen LogP contribution is 2.30. The van der Waals surface area contributed by atoms with Crippen molar-refractivity contribution in [1.82, 2.24) is 5.16 Å². The predicted molar refractivity (Wildman–Crippen MR) is 76.7 cm³/mol. The van der Waals surface area contributed by atoms with E-state index in [1.54, 1.807) is 30.0 Å². The Kier molecular flexibility index (Phi) is 3.00. The van der Waals surface area contributed by atoms with Gasteiger partial charge in [0, 0.05) is 24.5 Å². The van der Waals surface area contributed by atoms with Gasteiger partial charge in [-0.05, 0) is 31.2 Å². The molecule has 1 amide bonds. The maximum absolute atomic E-state index is 13.2. The van der Waals surface area contributed by atoms with Crippen LogP contribution in [0.4, 0.5) is 10.2 Å². The van der Waals surface area contributed by atoms with E-state index >= 15 is 0 Å². The van der Waals surface area contributed by atoms with Gasteiger partial charge in [0.25, 0.3) is 5.91 Å². The lowest BCUT2D eigenvalue weighted by molar-refractivity contribution is -0.924. The molecule has 2 aliphatic rings. The second kappa shape index (κ2) is 4.91. The summed E-state index contributed by atoms with van der Waals surface area (Å²) >= 11 is 0. The molecule has 0 saturated carbocycles. The Morgan fingerprint density at radius 1 is 1.36 bits per heavy atom. The Morgan fingerprint density at radius 2 is 2.14 bits per heavy atom. The number of nitrogens with zero attached hydrogens (tertiary/aromatic N) is 2. The highest BCUT2D eigenvalue weighted by atomic mass is 19.1. The molecule has 3 atom stereocenters. The lowest BCUT2D eigenvalue weighted by Crippen LogP contribution is -3.12. The van der Waals surface area contributed by atoms with Crippen molar-refractivity contribution in [2.24, 2.45) is 0 Å². The Balaban J connectivity index is 1.80. The Labute approximate surface area is 127 Å². The highest BCUT2D eigenvalue weighted by Gasteiger charge is 2.54. The zero-order valence-corrected chi connectivity index (χ0v) is 12.3. The van der Waals surface area contributed by atoms with Gasteiger partial charge in [0.15, 0.2) is 18.0 Å². The average Bonchev–Trinajstić information content (AvgIpc) is 3.18. The van der Waals surface area contributed by atoms with Gasteiger partial charge in [0.2, 0.25) is 0 Å². The molecule has 3 heterocycles. The van der Waals surface area contributed by atoms with Crippen LogP contribution < -0.4 is 9.80 Å². The van der Waals surface area contributed by atoms with E-state index in [0.29, 0.717) is 11.6 Å². The van der Waals surface area contributed by atoms with Crippen molar-refractivity contribution in [3.8, 4) is 0 Å². The lowest BCUT2D eigenvalue weighted by atomic mass is 10.1. The molecule has 1 N–H and O–H groups in total. The summed E-state index contributed by atoms with van der Waals surface area (Å²) in [5, 5.41) is 4.01. The molecule has 5 nitrogen and oxygen atoms in total. The van der Waals surface area contributed by atoms with Crippen molar-refractivity contribution in [2.45, 2.75) is 32.0 Å². The first kappa shape index (κ1) is 13.5. The van der Waals surface area contributed by atoms with Crippen LogP contribution in [0.25, 0.3) is 0 Å². The fraction of sp³-hybridized carbons (Fsp3) is 0.375. The second-order valence-electron chi connectivity index (χ2n) is 5.98. The second-order valence-corrected chi connectivity index (χ2v) is 5.98. The van der Waals surface area contributed by atoms with E-state index in [9.17, 15) is 9.18 Å². The molecular formula is C16H17FN3O2+. The molecule has 0 spiro atoms. The number of aromatic nitrogens is 1. The van der Waals surface area contributed by atoms with Crippen LogP contribution >= 0.6 is 0 Å². The van der Waals surface area contributed by atoms with Crippen LogP contribution in [-0.2, 0) is 4.79 Å². The summed E-state index contributed by atoms with van der Waals surface area (Å²) in [6.45, 7) is 2.74. The maximum Gasteiger partial charge on any atom is 0.291 e. The third-order valence-corrected chi connectivity index (χ3v) is 4.60. The number of amides is 1. The topological polar surface area (TPSA) is 50.8 Å². The number of rotatable bonds is 2. The number of benzene rings is 1. The number of carbonyl (C=O) groups excluding carboxylic acids is 1. The van der Waals surface area contributed by atoms with E-state index in [2.05, 4.69) is 5.16 Å². The molecule has 2 fully saturated rings. The van der Waals surface area contributed by atoms with Gasteiger partial charge in [-0.25, -0.2) is 9.29 Å². The normalized spacial score (nSPS) is 27.5. The van der Waals surface area contributed by atoms with Crippen molar-refractivity contribution in [2.75, 3.05) is 11.4 Å². The number of quaternary nitrogens is 1. The van der Waals surface area contributed by atoms with Crippen molar-refractivity contribution in [1.29, 1.82) is 0 Å². The molecule has 6 heteroatoms. The van der Waals surface area contributed by atoms with Crippen LogP contribution in [0, 0.1) is 12.7 Å². The predicted octanol–water partition coefficient (Wildman–Crippen LogP) is 1.21. The summed E-state index contributed by atoms with van der Waals surface area (Å²) in [6.07, 6.45) is 1.76. The van der Waals surface area contributed by atoms with Gasteiger partial charge < -0.3 is 9.42 Å². The third kappa shape index (κ3) is 1.94. The van der Waals surface area contributed by atoms with Crippen LogP contribution in [0.15, 0.2) is 34.9 Å². The number of nitrogens with one attached hydrogen (secondary N) is 1. The number of halogens is 1. The molecule has 2 aliphatic heterocycles. The van der Waals surface area contributed by atoms with E-state index in [1.165, 1.54) is 17.0 Å². The van der Waals surface area contributed by atoms with Crippen LogP contribution in [-0.4, -0.2) is 23.7 Å². The van der Waals surface area contributed by atoms with Gasteiger partial charge in [-0.15, -0.1) is 0 Å². The zero-order valence-electron chi connectivity index (χ0n) is 12.3. The van der Waals surface area contributed by atoms with Gasteiger partial charge in [-0.1, -0.05) is 5.16 Å². The summed E-state index contributed by atoms with van der Waals surface area (Å²) < 4.78 is 18.4. The van der Waals surface area contributed by atoms with Crippen molar-refractivity contribution < 1.29 is 18.6 Å². The SMILES string of the molecule is Cc1cc(N2C(=O)C3CCC[NH+]3C2c2ccc(F)cc2)no1. The maximum atomic E-state index is 13.2. The van der Waals surface area contributed by atoms with Crippen molar-refractivity contribution in [3.63, 3.8) is 0 Å². The summed E-state index contributed by atoms with van der Waals surface area (Å²) in [6, 6.07) is 8.12. The molecular weight excluding hydrogens is 285 g/mol. The highest BCUT2D eigenvalue weighted by molar-refractivity contribution is 5.97. The van der Waals surface area contributed by atoms with E-state index < -0.39 is 0 Å². The quantitative estimate of drug-likeness (QED) is 0.907. The molecule has 1 aromatic carbocycles. The molecule has 4 rings (SSSR count). The Hall–Kier alpha value is -2.21. The molecule has 0 bridgehead atoms. The summed E-state index contributed by atoms with van der Waals surface area (Å²) in [5.74, 6) is 1.02. The minimum atomic E-state index is -0.273. The number of fused-ring (bicyclic) bond motifs is 1. The summed E-state index contributed by atoms with van der Waals surface area (Å²) in [4.78, 5) is 15.7. The number of hydrogen-bond donors (Lipinski definition) is 1. The van der Waals surface area contributed by atoms with Crippen LogP contribution in [0.5, 0.6) is 0 Å². The number of carbonyl (C=O) groups is 1. The van der Waals surface area contributed by atoms with Gasteiger partial charge in [-0.3, -0.25) is 4.79 Å². The summed E-state index contributed by atoms with van der Waals surface area (Å²) in [5.41, 5.74) is 0.926. The van der Waals surface area contributed by atoms with E-state index in [0.717, 1.165) is 24.9 Å². The third-order valence-electron chi connectivity index (χ3n) is 4.60. The standard InChI is InChI=1S/C16H16FN3O2/c1-10-9-14(18-22-10)20-15(11-4-6-12(17)7-5-11)19-8-2-3-13(19)16(20)21/h4-7,9,13,15H,2-3,8H2,1H3/p+1. The largest absolute Gasteiger partial charge is 0.360 e. The lowest BCUT2D eigenvalue weighted by Gasteiger charge is -2.24. The average molecular weight is 302 g/mol. The van der Waals surface area contributed by atoms with Crippen LogP contribution in [0.2, 0.25) is 0 Å². The zero-order chi connectivity index (χ0) is 15.3. The minimum Gasteiger partial charge on any atom is -0.360 e. The molecule has 22 heavy (non-hydrogen) atoms. The summed E-state index contributed by atoms with van der Waals surface area (Å²) in [7, 11) is 0. The van der Waals surface area contributed by atoms with Crippen LogP contribution in [0.3, 0.4) is 0 Å². The fourth-order valence-electron chi connectivity index (χ4n) is 3.66. The van der Waals surface area contributed by atoms with Gasteiger partial charge in [0.05, 0.1) is 6.54 Å². The molecule has 2 aromatic rings. The van der Waals surface area contributed by atoms with Gasteiger partial charge in [0.1, 0.15) is 11.6 Å². The van der Waals surface area contributed by atoms with Crippen LogP contribution in [0.1, 0.15) is 30.3 Å². The molecule has 0 aliphatic carbocycles. The molecule has 3 unspecified atom stereocenters. The van der Waals surface area contributed by atoms with Gasteiger partial charge >= 0.3 is 0 Å². The molecule has 2 saturated heterocycles. The van der Waals surface area contributed by atoms with Gasteiger partial charge in [-0.2, -0.15) is 0 Å². The minimum absolute atomic E-state index is 0.0351. The van der Waals surface area contributed by atoms with E-state index in [4.69, 9.17) is 4.52 Å². The van der Waals surface area contributed by atoms with E-state index in [1.807, 2.05) is 0 Å². The first-order chi connectivity index (χ1) is 10.6. The fourth-order valence-corrected chi connectivity index (χ4v) is 3.66. The molecule has 114 valence electrons. The first-order valence-electron chi connectivity index (χ1n) is 7.52. The number of hydrogen-bond acceptors (Lipinski definition) is 3. The van der Waals surface area contributed by atoms with Crippen molar-refractivity contribution in [3.05, 3.63) is 47.5 Å². The monoisotopic (exact) mass is 302 g/mol. The number of anilines is 1. The van der Waals surface area contributed by atoms with Crippen molar-refractivity contribution >= 4 is 11.7 Å². The van der Waals surface area contributed by atoms with E-state index in [-0.39, 0.29) is 23.9 Å². The first-order valence-corrected chi connectivity index (χ1v) is 7.52. The Bertz CT molecular complexity index is 712. The molecule has 1 aromatic heterocycles. The Morgan fingerprint density at radius 3 is 2.82 bits per heavy atom. The smallest absolute Gasteiger partial charge is 0.291 e. The number of aryl methyl sites for hydroxylation is 1.